The molecule has 5 rings (SSSR count). The molecule has 0 aliphatic carbocycles. The van der Waals surface area contributed by atoms with Gasteiger partial charge in [0, 0.05) is 18.2 Å². The number of imide groups is 1. The van der Waals surface area contributed by atoms with E-state index >= 15 is 0 Å². The zero-order valence-corrected chi connectivity index (χ0v) is 18.9. The molecule has 4 atom stereocenters. The maximum absolute atomic E-state index is 13.7. The van der Waals surface area contributed by atoms with E-state index in [0.717, 1.165) is 5.56 Å². The summed E-state index contributed by atoms with van der Waals surface area (Å²) in [6, 6.07) is 14.8. The van der Waals surface area contributed by atoms with Gasteiger partial charge >= 0.3 is 0 Å². The van der Waals surface area contributed by atoms with Gasteiger partial charge in [-0.25, -0.2) is 0 Å². The Balaban J connectivity index is 1.55. The van der Waals surface area contributed by atoms with E-state index in [2.05, 4.69) is 24.5 Å². The Morgan fingerprint density at radius 2 is 1.78 bits per heavy atom. The number of carbonyl (C=O) groups is 3. The van der Waals surface area contributed by atoms with Gasteiger partial charge in [-0.1, -0.05) is 67.9 Å². The highest BCUT2D eigenvalue weighted by atomic mass is 35.5. The quantitative estimate of drug-likeness (QED) is 0.683. The third kappa shape index (κ3) is 3.00. The van der Waals surface area contributed by atoms with Gasteiger partial charge in [-0.15, -0.1) is 0 Å². The summed E-state index contributed by atoms with van der Waals surface area (Å²) in [6.07, 6.45) is 1.28. The minimum atomic E-state index is -1.28. The number of anilines is 1. The molecular weight excluding hydrogens is 426 g/mol. The van der Waals surface area contributed by atoms with Crippen molar-refractivity contribution in [2.24, 2.45) is 17.8 Å². The molecule has 2 fully saturated rings. The van der Waals surface area contributed by atoms with Crippen LogP contribution in [0.2, 0.25) is 5.02 Å². The molecule has 2 saturated heterocycles. The highest BCUT2D eigenvalue weighted by Gasteiger charge is 2.70. The molecule has 6 nitrogen and oxygen atoms in total. The fourth-order valence-electron chi connectivity index (χ4n) is 5.67. The van der Waals surface area contributed by atoms with Crippen molar-refractivity contribution in [2.45, 2.75) is 38.3 Å². The molecule has 7 heteroatoms. The number of halogens is 1. The van der Waals surface area contributed by atoms with E-state index in [1.165, 1.54) is 4.90 Å². The van der Waals surface area contributed by atoms with Gasteiger partial charge in [0.2, 0.25) is 17.7 Å². The molecule has 2 aromatic carbocycles. The van der Waals surface area contributed by atoms with Gasteiger partial charge in [0.15, 0.2) is 0 Å². The molecule has 0 radical (unpaired) electrons. The summed E-state index contributed by atoms with van der Waals surface area (Å²) in [5.41, 5.74) is 0.965. The topological polar surface area (TPSA) is 78.5 Å². The predicted molar refractivity (Wildman–Crippen MR) is 122 cm³/mol. The van der Waals surface area contributed by atoms with Crippen molar-refractivity contribution in [2.75, 3.05) is 11.9 Å². The lowest BCUT2D eigenvalue weighted by Crippen LogP contribution is -2.53. The number of fused-ring (bicyclic) bond motifs is 4. The van der Waals surface area contributed by atoms with Crippen LogP contribution in [-0.4, -0.2) is 35.2 Å². The third-order valence-corrected chi connectivity index (χ3v) is 7.30. The second-order valence-corrected chi connectivity index (χ2v) is 9.78. The van der Waals surface area contributed by atoms with Gasteiger partial charge in [-0.3, -0.25) is 24.6 Å². The first-order chi connectivity index (χ1) is 15.3. The van der Waals surface area contributed by atoms with Crippen LogP contribution in [0.1, 0.15) is 31.4 Å². The smallest absolute Gasteiger partial charge is 0.250 e. The summed E-state index contributed by atoms with van der Waals surface area (Å²) in [4.78, 5) is 42.0. The van der Waals surface area contributed by atoms with Crippen LogP contribution in [0, 0.1) is 17.8 Å². The van der Waals surface area contributed by atoms with Crippen molar-refractivity contribution < 1.29 is 14.4 Å². The summed E-state index contributed by atoms with van der Waals surface area (Å²) in [5.74, 6) is -1.83. The Kier molecular flexibility index (Phi) is 5.10. The number of rotatable bonds is 5. The molecular formula is C25H26ClN3O3. The summed E-state index contributed by atoms with van der Waals surface area (Å²) in [5, 5.41) is 6.75. The van der Waals surface area contributed by atoms with Gasteiger partial charge in [-0.05, 0) is 30.4 Å². The molecule has 0 bridgehead atoms. The Hall–Kier alpha value is -2.70. The summed E-state index contributed by atoms with van der Waals surface area (Å²) in [7, 11) is 0. The Morgan fingerprint density at radius 3 is 2.50 bits per heavy atom. The Labute approximate surface area is 192 Å². The van der Waals surface area contributed by atoms with Crippen LogP contribution in [0.4, 0.5) is 5.69 Å². The normalized spacial score (nSPS) is 28.6. The molecule has 0 unspecified atom stereocenters. The molecule has 3 amide bonds. The lowest BCUT2D eigenvalue weighted by molar-refractivity contribution is -0.142. The van der Waals surface area contributed by atoms with Crippen molar-refractivity contribution >= 4 is 35.0 Å². The molecule has 32 heavy (non-hydrogen) atoms. The van der Waals surface area contributed by atoms with Gasteiger partial charge in [0.1, 0.15) is 5.54 Å². The van der Waals surface area contributed by atoms with E-state index in [1.54, 1.807) is 12.1 Å². The average Bonchev–Trinajstić information content (AvgIpc) is 3.33. The average molecular weight is 452 g/mol. The van der Waals surface area contributed by atoms with Crippen LogP contribution < -0.4 is 10.6 Å². The molecule has 2 aromatic rings. The number of likely N-dealkylation sites (tertiary alicyclic amines) is 1. The van der Waals surface area contributed by atoms with E-state index in [1.807, 2.05) is 36.4 Å². The fourth-order valence-corrected chi connectivity index (χ4v) is 5.89. The van der Waals surface area contributed by atoms with E-state index in [9.17, 15) is 14.4 Å². The highest BCUT2D eigenvalue weighted by Crippen LogP contribution is 2.54. The van der Waals surface area contributed by atoms with E-state index in [-0.39, 0.29) is 23.8 Å². The first-order valence-electron chi connectivity index (χ1n) is 11.1. The second kappa shape index (κ2) is 7.71. The number of para-hydroxylation sites is 1. The molecule has 3 aliphatic heterocycles. The van der Waals surface area contributed by atoms with E-state index < -0.39 is 17.4 Å². The van der Waals surface area contributed by atoms with Crippen molar-refractivity contribution in [3.63, 3.8) is 0 Å². The van der Waals surface area contributed by atoms with Crippen molar-refractivity contribution in [1.82, 2.24) is 10.2 Å². The minimum absolute atomic E-state index is 0.186. The van der Waals surface area contributed by atoms with Gasteiger partial charge in [-0.2, -0.15) is 0 Å². The molecule has 3 heterocycles. The number of nitrogens with one attached hydrogen (secondary N) is 2. The van der Waals surface area contributed by atoms with Crippen LogP contribution in [-0.2, 0) is 26.3 Å². The largest absolute Gasteiger partial charge is 0.323 e. The molecule has 3 aliphatic rings. The number of benzene rings is 2. The van der Waals surface area contributed by atoms with Gasteiger partial charge in [0.25, 0.3) is 0 Å². The molecule has 0 saturated carbocycles. The zero-order valence-electron chi connectivity index (χ0n) is 18.1. The van der Waals surface area contributed by atoms with Crippen molar-refractivity contribution in [1.29, 1.82) is 0 Å². The number of carbonyl (C=O) groups excluding carboxylic acids is 3. The lowest BCUT2D eigenvalue weighted by Gasteiger charge is -2.30. The number of hydrogen-bond acceptors (Lipinski definition) is 4. The molecule has 166 valence electrons. The van der Waals surface area contributed by atoms with Gasteiger partial charge in [0.05, 0.1) is 22.5 Å². The SMILES string of the molecule is CC(C)C[C@H]1N[C@]2(C(=O)Nc3c(Cl)cccc32)[C@@H]2C(=O)N(CCc3ccccc3)C(=O)[C@@H]21. The first kappa shape index (κ1) is 21.2. The predicted octanol–water partition coefficient (Wildman–Crippen LogP) is 3.35. The lowest BCUT2D eigenvalue weighted by atomic mass is 9.76. The Morgan fingerprint density at radius 1 is 1.03 bits per heavy atom. The zero-order chi connectivity index (χ0) is 22.6. The van der Waals surface area contributed by atoms with Crippen LogP contribution in [0.3, 0.4) is 0 Å². The van der Waals surface area contributed by atoms with Crippen molar-refractivity contribution in [3.05, 3.63) is 64.7 Å². The first-order valence-corrected chi connectivity index (χ1v) is 11.5. The summed E-state index contributed by atoms with van der Waals surface area (Å²) >= 11 is 6.37. The van der Waals surface area contributed by atoms with Crippen molar-refractivity contribution in [3.8, 4) is 0 Å². The molecule has 1 spiro atoms. The number of hydrogen-bond donors (Lipinski definition) is 2. The highest BCUT2D eigenvalue weighted by molar-refractivity contribution is 6.35. The van der Waals surface area contributed by atoms with Gasteiger partial charge < -0.3 is 5.32 Å². The maximum atomic E-state index is 13.7. The van der Waals surface area contributed by atoms with E-state index in [4.69, 9.17) is 11.6 Å². The maximum Gasteiger partial charge on any atom is 0.250 e. The molecule has 0 aromatic heterocycles. The van der Waals surface area contributed by atoms with Crippen LogP contribution in [0.25, 0.3) is 0 Å². The molecule has 2 N–H and O–H groups in total. The third-order valence-electron chi connectivity index (χ3n) is 6.98. The summed E-state index contributed by atoms with van der Waals surface area (Å²) < 4.78 is 0. The van der Waals surface area contributed by atoms with Crippen LogP contribution in [0.15, 0.2) is 48.5 Å². The second-order valence-electron chi connectivity index (χ2n) is 9.37. The number of nitrogens with zero attached hydrogens (tertiary/aromatic N) is 1. The van der Waals surface area contributed by atoms with Crippen LogP contribution >= 0.6 is 11.6 Å². The fraction of sp³-hybridized carbons (Fsp3) is 0.400. The Bertz CT molecular complexity index is 1100. The van der Waals surface area contributed by atoms with Crippen LogP contribution in [0.5, 0.6) is 0 Å². The summed E-state index contributed by atoms with van der Waals surface area (Å²) in [6.45, 7) is 4.47. The monoisotopic (exact) mass is 451 g/mol. The number of amides is 3. The standard InChI is InChI=1S/C25H26ClN3O3/c1-14(2)13-18-19-20(23(31)29(22(19)30)12-11-15-7-4-3-5-8-15)25(28-18)16-9-6-10-17(26)21(16)27-24(25)32/h3-10,14,18-20,28H,11-13H2,1-2H3,(H,27,32)/t18-,19-,20+,25+/m1/s1. The van der Waals surface area contributed by atoms with E-state index in [0.29, 0.717) is 41.6 Å². The minimum Gasteiger partial charge on any atom is -0.323 e.